The molecule has 0 heterocycles. The van der Waals surface area contributed by atoms with Crippen LogP contribution < -0.4 is 5.73 Å². The highest BCUT2D eigenvalue weighted by Gasteiger charge is 2.10. The lowest BCUT2D eigenvalue weighted by molar-refractivity contribution is -0.119. The molecule has 0 bridgehead atoms. The molecule has 2 nitrogen and oxygen atoms in total. The molecule has 0 saturated carbocycles. The number of rotatable bonds is 6. The van der Waals surface area contributed by atoms with E-state index in [0.717, 1.165) is 12.0 Å². The summed E-state index contributed by atoms with van der Waals surface area (Å²) < 4.78 is 0. The Hall–Kier alpha value is -1.15. The van der Waals surface area contributed by atoms with Crippen LogP contribution in [0.4, 0.5) is 0 Å². The molecule has 0 aliphatic rings. The number of nitrogens with two attached hydrogens (primary N) is 1. The predicted octanol–water partition coefficient (Wildman–Crippen LogP) is 2.48. The smallest absolute Gasteiger partial charge is 0.137 e. The van der Waals surface area contributed by atoms with E-state index in [2.05, 4.69) is 13.0 Å². The van der Waals surface area contributed by atoms with Gasteiger partial charge in [-0.15, -0.1) is 0 Å². The lowest BCUT2D eigenvalue weighted by Gasteiger charge is -2.10. The Morgan fingerprint density at radius 2 is 2.19 bits per heavy atom. The van der Waals surface area contributed by atoms with Gasteiger partial charge in [-0.1, -0.05) is 43.2 Å². The van der Waals surface area contributed by atoms with Crippen LogP contribution in [0.3, 0.4) is 0 Å². The van der Waals surface area contributed by atoms with E-state index < -0.39 is 0 Å². The van der Waals surface area contributed by atoms with Gasteiger partial charge >= 0.3 is 0 Å². The predicted molar refractivity (Wildman–Crippen MR) is 67.3 cm³/mol. The Morgan fingerprint density at radius 1 is 1.44 bits per heavy atom. The van der Waals surface area contributed by atoms with Crippen LogP contribution in [0.5, 0.6) is 0 Å². The van der Waals surface area contributed by atoms with Crippen LogP contribution in [0.1, 0.15) is 30.9 Å². The van der Waals surface area contributed by atoms with Gasteiger partial charge in [0.05, 0.1) is 0 Å². The van der Waals surface area contributed by atoms with Crippen molar-refractivity contribution in [2.24, 2.45) is 11.7 Å². The highest BCUT2D eigenvalue weighted by molar-refractivity contribution is 5.81. The molecule has 2 N–H and O–H groups in total. The maximum absolute atomic E-state index is 11.8. The fourth-order valence-electron chi connectivity index (χ4n) is 1.84. The van der Waals surface area contributed by atoms with Crippen molar-refractivity contribution in [3.05, 3.63) is 35.4 Å². The number of benzene rings is 1. The van der Waals surface area contributed by atoms with Crippen LogP contribution in [0.15, 0.2) is 24.3 Å². The minimum absolute atomic E-state index is 0.294. The highest BCUT2D eigenvalue weighted by Crippen LogP contribution is 2.11. The second kappa shape index (κ2) is 6.44. The van der Waals surface area contributed by atoms with Gasteiger partial charge in [0, 0.05) is 12.8 Å². The summed E-state index contributed by atoms with van der Waals surface area (Å²) in [7, 11) is 0. The van der Waals surface area contributed by atoms with E-state index >= 15 is 0 Å². The lowest BCUT2D eigenvalue weighted by Crippen LogP contribution is -2.18. The number of hydrogen-bond acceptors (Lipinski definition) is 2. The minimum atomic E-state index is 0.294. The van der Waals surface area contributed by atoms with E-state index in [0.29, 0.717) is 31.1 Å². The van der Waals surface area contributed by atoms with E-state index in [1.54, 1.807) is 0 Å². The summed E-state index contributed by atoms with van der Waals surface area (Å²) in [5.41, 5.74) is 7.91. The summed E-state index contributed by atoms with van der Waals surface area (Å²) in [5, 5.41) is 0. The van der Waals surface area contributed by atoms with Crippen LogP contribution >= 0.6 is 0 Å². The van der Waals surface area contributed by atoms with Gasteiger partial charge in [-0.05, 0) is 24.9 Å². The Bertz CT molecular complexity index is 342. The zero-order valence-corrected chi connectivity index (χ0v) is 10.2. The fourth-order valence-corrected chi connectivity index (χ4v) is 1.84. The molecule has 0 aliphatic carbocycles. The molecule has 1 aromatic rings. The first-order chi connectivity index (χ1) is 7.65. The first-order valence-electron chi connectivity index (χ1n) is 5.93. The Morgan fingerprint density at radius 3 is 2.75 bits per heavy atom. The zero-order valence-electron chi connectivity index (χ0n) is 10.2. The van der Waals surface area contributed by atoms with Crippen molar-refractivity contribution in [2.75, 3.05) is 6.54 Å². The summed E-state index contributed by atoms with van der Waals surface area (Å²) in [6, 6.07) is 8.12. The lowest BCUT2D eigenvalue weighted by atomic mass is 9.96. The third-order valence-corrected chi connectivity index (χ3v) is 2.91. The molecule has 0 aromatic heterocycles. The second-order valence-corrected chi connectivity index (χ2v) is 4.42. The third kappa shape index (κ3) is 4.15. The molecule has 1 aromatic carbocycles. The van der Waals surface area contributed by atoms with Gasteiger partial charge in [-0.3, -0.25) is 4.79 Å². The van der Waals surface area contributed by atoms with Gasteiger partial charge in [0.1, 0.15) is 5.78 Å². The van der Waals surface area contributed by atoms with Crippen molar-refractivity contribution in [2.45, 2.75) is 33.1 Å². The molecule has 0 aliphatic heterocycles. The number of Topliss-reactive ketones (excluding diaryl/α,β-unsaturated/α-hetero) is 1. The minimum Gasteiger partial charge on any atom is -0.330 e. The SMILES string of the molecule is CCC(CN)CC(=O)Cc1cccc(C)c1. The van der Waals surface area contributed by atoms with E-state index in [1.165, 1.54) is 5.56 Å². The number of carbonyl (C=O) groups is 1. The van der Waals surface area contributed by atoms with Gasteiger partial charge in [0.15, 0.2) is 0 Å². The number of carbonyl (C=O) groups excluding carboxylic acids is 1. The largest absolute Gasteiger partial charge is 0.330 e. The number of hydrogen-bond donors (Lipinski definition) is 1. The zero-order chi connectivity index (χ0) is 12.0. The highest BCUT2D eigenvalue weighted by atomic mass is 16.1. The summed E-state index contributed by atoms with van der Waals surface area (Å²) in [6.07, 6.45) is 2.13. The van der Waals surface area contributed by atoms with Crippen molar-refractivity contribution >= 4 is 5.78 Å². The van der Waals surface area contributed by atoms with Crippen LogP contribution in [-0.2, 0) is 11.2 Å². The number of aryl methyl sites for hydroxylation is 1. The van der Waals surface area contributed by atoms with Crippen LogP contribution in [0.25, 0.3) is 0 Å². The van der Waals surface area contributed by atoms with Crippen LogP contribution in [0.2, 0.25) is 0 Å². The van der Waals surface area contributed by atoms with Gasteiger partial charge in [0.25, 0.3) is 0 Å². The van der Waals surface area contributed by atoms with Crippen LogP contribution in [0, 0.1) is 12.8 Å². The first-order valence-corrected chi connectivity index (χ1v) is 5.93. The van der Waals surface area contributed by atoms with Crippen molar-refractivity contribution in [3.8, 4) is 0 Å². The quantitative estimate of drug-likeness (QED) is 0.798. The molecule has 2 heteroatoms. The van der Waals surface area contributed by atoms with E-state index in [1.807, 2.05) is 25.1 Å². The molecule has 0 radical (unpaired) electrons. The molecule has 0 fully saturated rings. The standard InChI is InChI=1S/C14H21NO/c1-3-12(10-15)8-14(16)9-13-6-4-5-11(2)7-13/h4-7,12H,3,8-10,15H2,1-2H3. The van der Waals surface area contributed by atoms with Gasteiger partial charge in [-0.25, -0.2) is 0 Å². The maximum Gasteiger partial charge on any atom is 0.137 e. The topological polar surface area (TPSA) is 43.1 Å². The van der Waals surface area contributed by atoms with Crippen molar-refractivity contribution in [3.63, 3.8) is 0 Å². The first kappa shape index (κ1) is 12.9. The van der Waals surface area contributed by atoms with E-state index in [9.17, 15) is 4.79 Å². The summed E-state index contributed by atoms with van der Waals surface area (Å²) >= 11 is 0. The Balaban J connectivity index is 2.51. The average molecular weight is 219 g/mol. The summed E-state index contributed by atoms with van der Waals surface area (Å²) in [5.74, 6) is 0.639. The van der Waals surface area contributed by atoms with Crippen molar-refractivity contribution in [1.29, 1.82) is 0 Å². The Labute approximate surface area is 97.9 Å². The average Bonchev–Trinajstić information content (AvgIpc) is 2.26. The molecule has 1 unspecified atom stereocenters. The fraction of sp³-hybridized carbons (Fsp3) is 0.500. The molecule has 0 saturated heterocycles. The van der Waals surface area contributed by atoms with Crippen molar-refractivity contribution in [1.82, 2.24) is 0 Å². The summed E-state index contributed by atoms with van der Waals surface area (Å²) in [4.78, 5) is 11.8. The van der Waals surface area contributed by atoms with Gasteiger partial charge < -0.3 is 5.73 Å². The Kier molecular flexibility index (Phi) is 5.20. The second-order valence-electron chi connectivity index (χ2n) is 4.42. The number of ketones is 1. The van der Waals surface area contributed by atoms with Gasteiger partial charge in [-0.2, -0.15) is 0 Å². The maximum atomic E-state index is 11.8. The normalized spacial score (nSPS) is 12.4. The molecule has 0 amide bonds. The third-order valence-electron chi connectivity index (χ3n) is 2.91. The molecule has 0 spiro atoms. The molecular weight excluding hydrogens is 198 g/mol. The molecule has 1 rings (SSSR count). The monoisotopic (exact) mass is 219 g/mol. The summed E-state index contributed by atoms with van der Waals surface area (Å²) in [6.45, 7) is 4.73. The molecule has 88 valence electrons. The van der Waals surface area contributed by atoms with Crippen molar-refractivity contribution < 1.29 is 4.79 Å². The molecular formula is C14H21NO. The molecule has 16 heavy (non-hydrogen) atoms. The van der Waals surface area contributed by atoms with E-state index in [-0.39, 0.29) is 0 Å². The van der Waals surface area contributed by atoms with Gasteiger partial charge in [0.2, 0.25) is 0 Å². The van der Waals surface area contributed by atoms with E-state index in [4.69, 9.17) is 5.73 Å². The molecule has 1 atom stereocenters. The van der Waals surface area contributed by atoms with Crippen LogP contribution in [-0.4, -0.2) is 12.3 Å².